The lowest BCUT2D eigenvalue weighted by Gasteiger charge is -2.41. The zero-order valence-electron chi connectivity index (χ0n) is 20.7. The fourth-order valence-electron chi connectivity index (χ4n) is 4.36. The molecule has 7 heteroatoms. The van der Waals surface area contributed by atoms with Gasteiger partial charge in [0, 0.05) is 26.2 Å². The summed E-state index contributed by atoms with van der Waals surface area (Å²) in [5.41, 5.74) is 1.67. The van der Waals surface area contributed by atoms with Crippen molar-refractivity contribution in [3.05, 3.63) is 71.8 Å². The average Bonchev–Trinajstić information content (AvgIpc) is 2.83. The maximum atomic E-state index is 13.3. The van der Waals surface area contributed by atoms with Gasteiger partial charge in [0.2, 0.25) is 5.91 Å². The highest BCUT2D eigenvalue weighted by molar-refractivity contribution is 5.85. The van der Waals surface area contributed by atoms with Crippen LogP contribution in [-0.2, 0) is 9.53 Å². The van der Waals surface area contributed by atoms with Gasteiger partial charge in [-0.05, 0) is 38.3 Å². The van der Waals surface area contributed by atoms with Crippen molar-refractivity contribution in [2.24, 2.45) is 0 Å². The molecule has 0 spiro atoms. The van der Waals surface area contributed by atoms with E-state index in [9.17, 15) is 14.8 Å². The molecule has 0 bridgehead atoms. The molecule has 2 aromatic carbocycles. The number of amides is 2. The lowest BCUT2D eigenvalue weighted by Crippen LogP contribution is -2.56. The Balaban J connectivity index is 1.71. The second-order valence-electron chi connectivity index (χ2n) is 9.71. The van der Waals surface area contributed by atoms with Gasteiger partial charge in [-0.15, -0.1) is 0 Å². The molecule has 3 rings (SSSR count). The van der Waals surface area contributed by atoms with E-state index in [1.807, 2.05) is 43.3 Å². The van der Waals surface area contributed by atoms with E-state index in [1.54, 1.807) is 25.7 Å². The van der Waals surface area contributed by atoms with Gasteiger partial charge in [0.15, 0.2) is 0 Å². The van der Waals surface area contributed by atoms with Crippen LogP contribution in [0.25, 0.3) is 0 Å². The summed E-state index contributed by atoms with van der Waals surface area (Å²) in [5, 5.41) is 11.0. The molecule has 1 heterocycles. The van der Waals surface area contributed by atoms with Crippen molar-refractivity contribution >= 4 is 12.0 Å². The van der Waals surface area contributed by atoms with Gasteiger partial charge in [-0.3, -0.25) is 14.9 Å². The van der Waals surface area contributed by atoms with Gasteiger partial charge in [-0.2, -0.15) is 5.06 Å². The van der Waals surface area contributed by atoms with E-state index in [4.69, 9.17) is 4.74 Å². The molecule has 1 N–H and O–H groups in total. The molecule has 34 heavy (non-hydrogen) atoms. The van der Waals surface area contributed by atoms with Crippen LogP contribution in [0.1, 0.15) is 57.7 Å². The molecule has 2 aromatic rings. The Morgan fingerprint density at radius 2 is 1.44 bits per heavy atom. The number of rotatable bonds is 7. The number of hydroxylamine groups is 2. The van der Waals surface area contributed by atoms with E-state index >= 15 is 0 Å². The molecule has 1 fully saturated rings. The Labute approximate surface area is 202 Å². The number of hydrogen-bond acceptors (Lipinski definition) is 5. The van der Waals surface area contributed by atoms with E-state index in [-0.39, 0.29) is 11.9 Å². The maximum Gasteiger partial charge on any atom is 0.435 e. The lowest BCUT2D eigenvalue weighted by molar-refractivity contribution is -0.161. The zero-order valence-corrected chi connectivity index (χ0v) is 20.7. The summed E-state index contributed by atoms with van der Waals surface area (Å²) < 4.78 is 5.27. The van der Waals surface area contributed by atoms with Gasteiger partial charge in [0.25, 0.3) is 0 Å². The summed E-state index contributed by atoms with van der Waals surface area (Å²) in [6.07, 6.45) is 0.123. The minimum atomic E-state index is -0.953. The van der Waals surface area contributed by atoms with Crippen LogP contribution >= 0.6 is 0 Å². The minimum Gasteiger partial charge on any atom is -0.442 e. The van der Waals surface area contributed by atoms with Gasteiger partial charge in [-0.1, -0.05) is 74.0 Å². The number of nitrogens with zero attached hydrogens (tertiary/aromatic N) is 3. The molecule has 1 aliphatic rings. The van der Waals surface area contributed by atoms with E-state index in [1.165, 1.54) is 11.1 Å². The van der Waals surface area contributed by atoms with Crippen LogP contribution in [0, 0.1) is 0 Å². The first-order valence-corrected chi connectivity index (χ1v) is 12.0. The van der Waals surface area contributed by atoms with Crippen molar-refractivity contribution in [3.8, 4) is 0 Å². The lowest BCUT2D eigenvalue weighted by atomic mass is 9.96. The third kappa shape index (κ3) is 6.58. The Morgan fingerprint density at radius 1 is 0.941 bits per heavy atom. The molecule has 1 atom stereocenters. The van der Waals surface area contributed by atoms with E-state index in [2.05, 4.69) is 29.2 Å². The standard InChI is InChI=1S/C27H37N3O4/c1-5-12-23(30(33)26(32)34-27(2,3)4)25(31)29-19-17-28(18-20-29)24(21-13-8-6-9-14-21)22-15-10-7-11-16-22/h6-11,13-16,23-24,33H,5,12,17-20H2,1-4H3/t23-/m0/s1. The van der Waals surface area contributed by atoms with Crippen molar-refractivity contribution in [1.82, 2.24) is 14.9 Å². The molecule has 2 amide bonds. The van der Waals surface area contributed by atoms with Gasteiger partial charge in [0.1, 0.15) is 11.6 Å². The Bertz CT molecular complexity index is 882. The number of benzene rings is 2. The topological polar surface area (TPSA) is 73.3 Å². The van der Waals surface area contributed by atoms with Crippen LogP contribution in [0.2, 0.25) is 0 Å². The molecule has 1 aliphatic heterocycles. The van der Waals surface area contributed by atoms with Crippen molar-refractivity contribution in [2.75, 3.05) is 26.2 Å². The molecule has 7 nitrogen and oxygen atoms in total. The number of hydrogen-bond donors (Lipinski definition) is 1. The number of carbonyl (C=O) groups is 2. The molecular formula is C27H37N3O4. The molecular weight excluding hydrogens is 430 g/mol. The summed E-state index contributed by atoms with van der Waals surface area (Å²) >= 11 is 0. The first-order chi connectivity index (χ1) is 16.2. The molecule has 1 saturated heterocycles. The van der Waals surface area contributed by atoms with E-state index in [0.29, 0.717) is 44.1 Å². The van der Waals surface area contributed by atoms with E-state index in [0.717, 1.165) is 0 Å². The summed E-state index contributed by atoms with van der Waals surface area (Å²) in [6, 6.07) is 19.9. The first kappa shape index (κ1) is 25.7. The van der Waals surface area contributed by atoms with Crippen molar-refractivity contribution in [2.45, 2.75) is 58.2 Å². The van der Waals surface area contributed by atoms with Crippen molar-refractivity contribution in [3.63, 3.8) is 0 Å². The predicted octanol–water partition coefficient (Wildman–Crippen LogP) is 4.72. The second-order valence-corrected chi connectivity index (χ2v) is 9.71. The van der Waals surface area contributed by atoms with Crippen LogP contribution in [0.4, 0.5) is 4.79 Å². The number of carbonyl (C=O) groups excluding carboxylic acids is 2. The largest absolute Gasteiger partial charge is 0.442 e. The second kappa shape index (κ2) is 11.5. The third-order valence-electron chi connectivity index (χ3n) is 5.94. The SMILES string of the molecule is CCC[C@@H](C(=O)N1CCN(C(c2ccccc2)c2ccccc2)CC1)N(O)C(=O)OC(C)(C)C. The Kier molecular flexibility index (Phi) is 8.69. The van der Waals surface area contributed by atoms with Crippen molar-refractivity contribution in [1.29, 1.82) is 0 Å². The monoisotopic (exact) mass is 467 g/mol. The summed E-state index contributed by atoms with van der Waals surface area (Å²) in [4.78, 5) is 29.8. The van der Waals surface area contributed by atoms with Gasteiger partial charge < -0.3 is 9.64 Å². The molecule has 0 unspecified atom stereocenters. The smallest absolute Gasteiger partial charge is 0.435 e. The molecule has 184 valence electrons. The van der Waals surface area contributed by atoms with E-state index < -0.39 is 17.7 Å². The fraction of sp³-hybridized carbons (Fsp3) is 0.481. The Morgan fingerprint density at radius 3 is 1.88 bits per heavy atom. The molecule has 0 aromatic heterocycles. The van der Waals surface area contributed by atoms with Gasteiger partial charge in [0.05, 0.1) is 6.04 Å². The predicted molar refractivity (Wildman–Crippen MR) is 131 cm³/mol. The third-order valence-corrected chi connectivity index (χ3v) is 5.94. The Hall–Kier alpha value is -2.90. The first-order valence-electron chi connectivity index (χ1n) is 12.0. The minimum absolute atomic E-state index is 0.0993. The summed E-state index contributed by atoms with van der Waals surface area (Å²) in [5.74, 6) is -0.245. The van der Waals surface area contributed by atoms with Crippen LogP contribution in [0.3, 0.4) is 0 Å². The highest BCUT2D eigenvalue weighted by Gasteiger charge is 2.36. The van der Waals surface area contributed by atoms with Gasteiger partial charge in [-0.25, -0.2) is 4.79 Å². The average molecular weight is 468 g/mol. The van der Waals surface area contributed by atoms with Crippen LogP contribution in [0.5, 0.6) is 0 Å². The number of ether oxygens (including phenoxy) is 1. The molecule has 0 aliphatic carbocycles. The van der Waals surface area contributed by atoms with Crippen LogP contribution < -0.4 is 0 Å². The maximum absolute atomic E-state index is 13.3. The molecule has 0 saturated carbocycles. The zero-order chi connectivity index (χ0) is 24.7. The summed E-state index contributed by atoms with van der Waals surface area (Å²) in [6.45, 7) is 9.54. The molecule has 0 radical (unpaired) electrons. The normalized spacial score (nSPS) is 15.8. The van der Waals surface area contributed by atoms with Crippen LogP contribution in [-0.4, -0.2) is 69.9 Å². The summed E-state index contributed by atoms with van der Waals surface area (Å²) in [7, 11) is 0. The quantitative estimate of drug-likeness (QED) is 0.471. The van der Waals surface area contributed by atoms with Crippen LogP contribution in [0.15, 0.2) is 60.7 Å². The highest BCUT2D eigenvalue weighted by atomic mass is 16.6. The van der Waals surface area contributed by atoms with Gasteiger partial charge >= 0.3 is 6.09 Å². The highest BCUT2D eigenvalue weighted by Crippen LogP contribution is 2.29. The number of piperazine rings is 1. The fourth-order valence-corrected chi connectivity index (χ4v) is 4.36. The van der Waals surface area contributed by atoms with Crippen molar-refractivity contribution < 1.29 is 19.5 Å².